The average molecular weight is 410 g/mol. The van der Waals surface area contributed by atoms with E-state index in [-0.39, 0.29) is 0 Å². The molecular weight excluding hydrogens is 366 g/mol. The van der Waals surface area contributed by atoms with E-state index in [0.29, 0.717) is 30.0 Å². The van der Waals surface area contributed by atoms with E-state index in [1.54, 1.807) is 7.11 Å². The Morgan fingerprint density at radius 2 is 1.40 bits per heavy atom. The van der Waals surface area contributed by atoms with Gasteiger partial charge in [-0.05, 0) is 73.0 Å². The van der Waals surface area contributed by atoms with E-state index in [1.165, 1.54) is 48.8 Å². The zero-order valence-corrected chi connectivity index (χ0v) is 20.1. The van der Waals surface area contributed by atoms with Crippen LogP contribution in [-0.2, 0) is 4.74 Å². The van der Waals surface area contributed by atoms with Gasteiger partial charge in [0.15, 0.2) is 0 Å². The Morgan fingerprint density at radius 1 is 0.833 bits per heavy atom. The normalized spacial score (nSPS) is 15.0. The first-order chi connectivity index (χ1) is 14.4. The fourth-order valence-corrected chi connectivity index (χ4v) is 4.55. The van der Waals surface area contributed by atoms with Crippen LogP contribution in [0.5, 0.6) is 0 Å². The van der Waals surface area contributed by atoms with Crippen LogP contribution < -0.4 is 5.32 Å². The lowest BCUT2D eigenvalue weighted by Crippen LogP contribution is -2.21. The molecule has 3 unspecified atom stereocenters. The first kappa shape index (κ1) is 24.6. The van der Waals surface area contributed by atoms with E-state index >= 15 is 0 Å². The van der Waals surface area contributed by atoms with Crippen molar-refractivity contribution >= 4 is 0 Å². The van der Waals surface area contributed by atoms with Gasteiger partial charge in [0.25, 0.3) is 0 Å². The number of ether oxygens (including phenoxy) is 1. The second kappa shape index (κ2) is 12.3. The van der Waals surface area contributed by atoms with Crippen molar-refractivity contribution in [1.29, 1.82) is 0 Å². The molecule has 0 radical (unpaired) electrons. The predicted octanol–water partition coefficient (Wildman–Crippen LogP) is 7.83. The first-order valence-electron chi connectivity index (χ1n) is 11.8. The summed E-state index contributed by atoms with van der Waals surface area (Å²) in [6, 6.07) is 20.6. The van der Waals surface area contributed by atoms with Crippen molar-refractivity contribution in [1.82, 2.24) is 5.32 Å². The molecular formula is C28H43NO. The molecule has 0 spiro atoms. The van der Waals surface area contributed by atoms with Crippen LogP contribution in [0.4, 0.5) is 0 Å². The molecule has 0 aliphatic rings. The Balaban J connectivity index is 1.97. The fourth-order valence-electron chi connectivity index (χ4n) is 4.55. The summed E-state index contributed by atoms with van der Waals surface area (Å²) in [4.78, 5) is 0. The number of hydrogen-bond donors (Lipinski definition) is 1. The van der Waals surface area contributed by atoms with Crippen LogP contribution in [-0.4, -0.2) is 13.8 Å². The molecule has 0 bridgehead atoms. The average Bonchev–Trinajstić information content (AvgIpc) is 2.77. The molecule has 2 aromatic carbocycles. The highest BCUT2D eigenvalue weighted by Gasteiger charge is 2.25. The minimum atomic E-state index is 0.305. The summed E-state index contributed by atoms with van der Waals surface area (Å²) < 4.78 is 5.13. The molecule has 30 heavy (non-hydrogen) atoms. The summed E-state index contributed by atoms with van der Waals surface area (Å²) in [5, 5.41) is 3.37. The van der Waals surface area contributed by atoms with E-state index in [1.807, 2.05) is 0 Å². The smallest absolute Gasteiger partial charge is 0.0966 e. The van der Waals surface area contributed by atoms with E-state index in [9.17, 15) is 0 Å². The Hall–Kier alpha value is -1.64. The molecule has 2 rings (SSSR count). The molecule has 0 aliphatic heterocycles. The maximum absolute atomic E-state index is 5.13. The maximum Gasteiger partial charge on any atom is 0.0966 e. The minimum absolute atomic E-state index is 0.305. The number of hydrogen-bond acceptors (Lipinski definition) is 2. The molecule has 3 atom stereocenters. The lowest BCUT2D eigenvalue weighted by molar-refractivity contribution is 0.165. The van der Waals surface area contributed by atoms with E-state index in [0.717, 1.165) is 0 Å². The standard InChI is InChI=1S/C28H43NO/c1-7-23(26-12-10-9-11-13-26)18-19-28(4,5)20-24(8-2)27-16-14-25(15-17-27)22(3)29-21-30-6/h9-17,22-24,29H,7-8,18-21H2,1-6H3. The van der Waals surface area contributed by atoms with Crippen molar-refractivity contribution in [3.8, 4) is 0 Å². The van der Waals surface area contributed by atoms with Crippen LogP contribution in [0.3, 0.4) is 0 Å². The third-order valence-electron chi connectivity index (χ3n) is 6.67. The first-order valence-corrected chi connectivity index (χ1v) is 11.8. The van der Waals surface area contributed by atoms with Gasteiger partial charge in [0.2, 0.25) is 0 Å². The lowest BCUT2D eigenvalue weighted by Gasteiger charge is -2.31. The van der Waals surface area contributed by atoms with Crippen LogP contribution in [0.2, 0.25) is 0 Å². The van der Waals surface area contributed by atoms with Crippen molar-refractivity contribution in [3.63, 3.8) is 0 Å². The van der Waals surface area contributed by atoms with Gasteiger partial charge in [-0.3, -0.25) is 5.32 Å². The molecule has 1 N–H and O–H groups in total. The molecule has 2 heteroatoms. The van der Waals surface area contributed by atoms with Gasteiger partial charge >= 0.3 is 0 Å². The molecule has 0 saturated carbocycles. The predicted molar refractivity (Wildman–Crippen MR) is 130 cm³/mol. The minimum Gasteiger partial charge on any atom is -0.370 e. The molecule has 0 saturated heterocycles. The lowest BCUT2D eigenvalue weighted by atomic mass is 9.74. The monoisotopic (exact) mass is 409 g/mol. The van der Waals surface area contributed by atoms with Crippen LogP contribution in [0.25, 0.3) is 0 Å². The van der Waals surface area contributed by atoms with Crippen molar-refractivity contribution in [2.45, 2.75) is 84.6 Å². The zero-order valence-electron chi connectivity index (χ0n) is 20.1. The second-order valence-corrected chi connectivity index (χ2v) is 9.55. The van der Waals surface area contributed by atoms with Gasteiger partial charge in [-0.2, -0.15) is 0 Å². The molecule has 0 aliphatic carbocycles. The highest BCUT2D eigenvalue weighted by molar-refractivity contribution is 5.27. The number of methoxy groups -OCH3 is 1. The Labute approximate surface area is 185 Å². The van der Waals surface area contributed by atoms with Gasteiger partial charge in [-0.25, -0.2) is 0 Å². The van der Waals surface area contributed by atoms with Crippen LogP contribution in [0.15, 0.2) is 54.6 Å². The van der Waals surface area contributed by atoms with Crippen LogP contribution >= 0.6 is 0 Å². The number of benzene rings is 2. The topological polar surface area (TPSA) is 21.3 Å². The summed E-state index contributed by atoms with van der Waals surface area (Å²) in [5.74, 6) is 1.29. The van der Waals surface area contributed by atoms with Crippen molar-refractivity contribution in [3.05, 3.63) is 71.3 Å². The summed E-state index contributed by atoms with van der Waals surface area (Å²) in [7, 11) is 1.72. The summed E-state index contributed by atoms with van der Waals surface area (Å²) in [6.45, 7) is 12.3. The summed E-state index contributed by atoms with van der Waals surface area (Å²) in [6.07, 6.45) is 6.19. The Morgan fingerprint density at radius 3 is 1.97 bits per heavy atom. The third kappa shape index (κ3) is 7.56. The highest BCUT2D eigenvalue weighted by atomic mass is 16.5. The van der Waals surface area contributed by atoms with E-state index in [2.05, 4.69) is 94.5 Å². The van der Waals surface area contributed by atoms with Crippen LogP contribution in [0, 0.1) is 5.41 Å². The van der Waals surface area contributed by atoms with Crippen molar-refractivity contribution < 1.29 is 4.74 Å². The molecule has 0 fully saturated rings. The number of rotatable bonds is 13. The Kier molecular flexibility index (Phi) is 10.1. The Bertz CT molecular complexity index is 707. The zero-order chi connectivity index (χ0) is 22.0. The molecule has 0 heterocycles. The third-order valence-corrected chi connectivity index (χ3v) is 6.67. The largest absolute Gasteiger partial charge is 0.370 e. The summed E-state index contributed by atoms with van der Waals surface area (Å²) >= 11 is 0. The van der Waals surface area contributed by atoms with Gasteiger partial charge in [-0.1, -0.05) is 82.3 Å². The molecule has 0 amide bonds. The SMILES string of the molecule is CCC(CCC(C)(C)CC(CC)c1ccc(C(C)NCOC)cc1)c1ccccc1. The molecule has 0 aromatic heterocycles. The van der Waals surface area contributed by atoms with Crippen molar-refractivity contribution in [2.24, 2.45) is 5.41 Å². The van der Waals surface area contributed by atoms with Gasteiger partial charge in [0.1, 0.15) is 0 Å². The maximum atomic E-state index is 5.13. The van der Waals surface area contributed by atoms with Gasteiger partial charge in [-0.15, -0.1) is 0 Å². The van der Waals surface area contributed by atoms with E-state index < -0.39 is 0 Å². The van der Waals surface area contributed by atoms with Crippen LogP contribution in [0.1, 0.15) is 101 Å². The number of nitrogens with one attached hydrogen (secondary N) is 1. The van der Waals surface area contributed by atoms with Gasteiger partial charge in [0, 0.05) is 13.2 Å². The molecule has 166 valence electrons. The van der Waals surface area contributed by atoms with Crippen molar-refractivity contribution in [2.75, 3.05) is 13.8 Å². The fraction of sp³-hybridized carbons (Fsp3) is 0.571. The molecule has 2 aromatic rings. The highest BCUT2D eigenvalue weighted by Crippen LogP contribution is 2.39. The van der Waals surface area contributed by atoms with Gasteiger partial charge < -0.3 is 4.74 Å². The summed E-state index contributed by atoms with van der Waals surface area (Å²) in [5.41, 5.74) is 4.63. The quantitative estimate of drug-likeness (QED) is 0.340. The second-order valence-electron chi connectivity index (χ2n) is 9.55. The van der Waals surface area contributed by atoms with Gasteiger partial charge in [0.05, 0.1) is 6.73 Å². The molecule has 2 nitrogen and oxygen atoms in total. The van der Waals surface area contributed by atoms with E-state index in [4.69, 9.17) is 4.74 Å².